The van der Waals surface area contributed by atoms with Crippen molar-refractivity contribution in [2.75, 3.05) is 31.1 Å². The van der Waals surface area contributed by atoms with Crippen molar-refractivity contribution in [3.63, 3.8) is 0 Å². The molecule has 2 aliphatic rings. The van der Waals surface area contributed by atoms with Gasteiger partial charge in [-0.05, 0) is 44.4 Å². The SMILES string of the molecule is CCOC(=O)c1ccc(N2C[C@@H]3CCCN[C@@H]3C2)nc1. The maximum absolute atomic E-state index is 11.6. The zero-order valence-corrected chi connectivity index (χ0v) is 11.8. The van der Waals surface area contributed by atoms with Crippen LogP contribution in [-0.2, 0) is 4.74 Å². The van der Waals surface area contributed by atoms with Gasteiger partial charge in [-0.3, -0.25) is 0 Å². The van der Waals surface area contributed by atoms with Crippen LogP contribution in [0.5, 0.6) is 0 Å². The summed E-state index contributed by atoms with van der Waals surface area (Å²) in [6, 6.07) is 4.31. The van der Waals surface area contributed by atoms with Gasteiger partial charge in [0.1, 0.15) is 5.82 Å². The number of nitrogens with zero attached hydrogens (tertiary/aromatic N) is 2. The van der Waals surface area contributed by atoms with E-state index in [2.05, 4.69) is 15.2 Å². The molecule has 2 saturated heterocycles. The van der Waals surface area contributed by atoms with Crippen molar-refractivity contribution in [3.05, 3.63) is 23.9 Å². The number of rotatable bonds is 3. The lowest BCUT2D eigenvalue weighted by molar-refractivity contribution is 0.0526. The Morgan fingerprint density at radius 1 is 1.50 bits per heavy atom. The lowest BCUT2D eigenvalue weighted by Crippen LogP contribution is -2.40. The van der Waals surface area contributed by atoms with Gasteiger partial charge in [0, 0.05) is 25.3 Å². The number of aromatic nitrogens is 1. The second-order valence-electron chi connectivity index (χ2n) is 5.49. The molecular weight excluding hydrogens is 254 g/mol. The zero-order valence-electron chi connectivity index (χ0n) is 11.8. The van der Waals surface area contributed by atoms with Crippen molar-refractivity contribution in [1.82, 2.24) is 10.3 Å². The molecule has 108 valence electrons. The van der Waals surface area contributed by atoms with E-state index in [1.165, 1.54) is 12.8 Å². The van der Waals surface area contributed by atoms with Crippen LogP contribution >= 0.6 is 0 Å². The molecule has 0 amide bonds. The van der Waals surface area contributed by atoms with Crippen molar-refractivity contribution in [2.24, 2.45) is 5.92 Å². The van der Waals surface area contributed by atoms with Crippen LogP contribution in [0.1, 0.15) is 30.1 Å². The van der Waals surface area contributed by atoms with Crippen LogP contribution in [0.2, 0.25) is 0 Å². The maximum atomic E-state index is 11.6. The van der Waals surface area contributed by atoms with Gasteiger partial charge >= 0.3 is 5.97 Å². The Labute approximate surface area is 119 Å². The molecule has 0 aliphatic carbocycles. The van der Waals surface area contributed by atoms with Crippen LogP contribution in [0.3, 0.4) is 0 Å². The Morgan fingerprint density at radius 2 is 2.40 bits per heavy atom. The molecule has 0 radical (unpaired) electrons. The first kappa shape index (κ1) is 13.4. The van der Waals surface area contributed by atoms with Crippen molar-refractivity contribution in [1.29, 1.82) is 0 Å². The Morgan fingerprint density at radius 3 is 3.10 bits per heavy atom. The van der Waals surface area contributed by atoms with Gasteiger partial charge in [0.15, 0.2) is 0 Å². The van der Waals surface area contributed by atoms with Crippen LogP contribution in [0.4, 0.5) is 5.82 Å². The Hall–Kier alpha value is -1.62. The van der Waals surface area contributed by atoms with Crippen molar-refractivity contribution < 1.29 is 9.53 Å². The van der Waals surface area contributed by atoms with Gasteiger partial charge in [0.2, 0.25) is 0 Å². The highest BCUT2D eigenvalue weighted by atomic mass is 16.5. The summed E-state index contributed by atoms with van der Waals surface area (Å²) in [7, 11) is 0. The second kappa shape index (κ2) is 5.79. The minimum absolute atomic E-state index is 0.302. The molecule has 0 bridgehead atoms. The van der Waals surface area contributed by atoms with Gasteiger partial charge in [0.05, 0.1) is 12.2 Å². The Balaban J connectivity index is 1.67. The quantitative estimate of drug-likeness (QED) is 0.846. The molecule has 3 rings (SSSR count). The summed E-state index contributed by atoms with van der Waals surface area (Å²) in [5.41, 5.74) is 0.519. The topological polar surface area (TPSA) is 54.5 Å². The zero-order chi connectivity index (χ0) is 13.9. The minimum Gasteiger partial charge on any atom is -0.462 e. The lowest BCUT2D eigenvalue weighted by atomic mass is 9.94. The van der Waals surface area contributed by atoms with E-state index in [9.17, 15) is 4.79 Å². The number of carbonyl (C=O) groups excluding carboxylic acids is 1. The third-order valence-corrected chi connectivity index (χ3v) is 4.18. The van der Waals surface area contributed by atoms with E-state index >= 15 is 0 Å². The van der Waals surface area contributed by atoms with E-state index in [0.29, 0.717) is 18.2 Å². The van der Waals surface area contributed by atoms with Crippen molar-refractivity contribution in [2.45, 2.75) is 25.8 Å². The molecule has 5 heteroatoms. The predicted octanol–water partition coefficient (Wildman–Crippen LogP) is 1.45. The number of hydrogen-bond acceptors (Lipinski definition) is 5. The van der Waals surface area contributed by atoms with Crippen LogP contribution in [-0.4, -0.2) is 43.2 Å². The molecular formula is C15H21N3O2. The standard InChI is InChI=1S/C15H21N3O2/c1-2-20-15(19)11-5-6-14(17-8-11)18-9-12-4-3-7-16-13(12)10-18/h5-6,8,12-13,16H,2-4,7,9-10H2,1H3/t12-,13+/m0/s1. The van der Waals surface area contributed by atoms with Gasteiger partial charge < -0.3 is 15.0 Å². The van der Waals surface area contributed by atoms with Crippen molar-refractivity contribution in [3.8, 4) is 0 Å². The average Bonchev–Trinajstić information content (AvgIpc) is 2.91. The molecule has 0 spiro atoms. The highest BCUT2D eigenvalue weighted by Gasteiger charge is 2.34. The normalized spacial score (nSPS) is 25.4. The average molecular weight is 275 g/mol. The first-order chi connectivity index (χ1) is 9.78. The second-order valence-corrected chi connectivity index (χ2v) is 5.49. The van der Waals surface area contributed by atoms with Gasteiger partial charge in [-0.1, -0.05) is 0 Å². The summed E-state index contributed by atoms with van der Waals surface area (Å²) < 4.78 is 4.97. The molecule has 1 N–H and O–H groups in total. The minimum atomic E-state index is -0.302. The molecule has 2 atom stereocenters. The number of fused-ring (bicyclic) bond motifs is 1. The fourth-order valence-corrected chi connectivity index (χ4v) is 3.14. The van der Waals surface area contributed by atoms with E-state index in [4.69, 9.17) is 4.74 Å². The number of pyridine rings is 1. The number of ether oxygens (including phenoxy) is 1. The van der Waals surface area contributed by atoms with Crippen LogP contribution in [0.15, 0.2) is 18.3 Å². The molecule has 3 heterocycles. The molecule has 5 nitrogen and oxygen atoms in total. The molecule has 20 heavy (non-hydrogen) atoms. The lowest BCUT2D eigenvalue weighted by Gasteiger charge is -2.24. The van der Waals surface area contributed by atoms with Crippen LogP contribution in [0.25, 0.3) is 0 Å². The third kappa shape index (κ3) is 2.63. The fraction of sp³-hybridized carbons (Fsp3) is 0.600. The third-order valence-electron chi connectivity index (χ3n) is 4.18. The summed E-state index contributed by atoms with van der Waals surface area (Å²) >= 11 is 0. The molecule has 1 aromatic heterocycles. The largest absolute Gasteiger partial charge is 0.462 e. The van der Waals surface area contributed by atoms with Crippen LogP contribution < -0.4 is 10.2 Å². The Bertz CT molecular complexity index is 461. The number of anilines is 1. The summed E-state index contributed by atoms with van der Waals surface area (Å²) in [5.74, 6) is 1.38. The van der Waals surface area contributed by atoms with Gasteiger partial charge in [-0.15, -0.1) is 0 Å². The summed E-state index contributed by atoms with van der Waals surface area (Å²) in [4.78, 5) is 18.3. The van der Waals surface area contributed by atoms with Gasteiger partial charge in [-0.25, -0.2) is 9.78 Å². The van der Waals surface area contributed by atoms with Crippen molar-refractivity contribution >= 4 is 11.8 Å². The van der Waals surface area contributed by atoms with Crippen LogP contribution in [0, 0.1) is 5.92 Å². The number of esters is 1. The number of piperidine rings is 1. The maximum Gasteiger partial charge on any atom is 0.339 e. The summed E-state index contributed by atoms with van der Waals surface area (Å²) in [6.07, 6.45) is 4.18. The molecule has 1 aromatic rings. The van der Waals surface area contributed by atoms with E-state index in [0.717, 1.165) is 31.4 Å². The number of carbonyl (C=O) groups is 1. The first-order valence-corrected chi connectivity index (χ1v) is 7.39. The molecule has 0 aromatic carbocycles. The van der Waals surface area contributed by atoms with E-state index < -0.39 is 0 Å². The summed E-state index contributed by atoms with van der Waals surface area (Å²) in [5, 5.41) is 3.58. The predicted molar refractivity (Wildman–Crippen MR) is 76.9 cm³/mol. The monoisotopic (exact) mass is 275 g/mol. The highest BCUT2D eigenvalue weighted by Crippen LogP contribution is 2.28. The highest BCUT2D eigenvalue weighted by molar-refractivity contribution is 5.89. The van der Waals surface area contributed by atoms with Gasteiger partial charge in [-0.2, -0.15) is 0 Å². The van der Waals surface area contributed by atoms with E-state index in [1.807, 2.05) is 6.07 Å². The van der Waals surface area contributed by atoms with Gasteiger partial charge in [0.25, 0.3) is 0 Å². The smallest absolute Gasteiger partial charge is 0.339 e. The fourth-order valence-electron chi connectivity index (χ4n) is 3.14. The molecule has 2 aliphatic heterocycles. The summed E-state index contributed by atoms with van der Waals surface area (Å²) in [6.45, 7) is 5.39. The van der Waals surface area contributed by atoms with E-state index in [1.54, 1.807) is 19.2 Å². The first-order valence-electron chi connectivity index (χ1n) is 7.39. The molecule has 2 fully saturated rings. The van der Waals surface area contributed by atoms with E-state index in [-0.39, 0.29) is 5.97 Å². The molecule has 0 saturated carbocycles. The number of hydrogen-bond donors (Lipinski definition) is 1. The Kier molecular flexibility index (Phi) is 3.87. The molecule has 0 unspecified atom stereocenters. The number of nitrogens with one attached hydrogen (secondary N) is 1.